The van der Waals surface area contributed by atoms with Gasteiger partial charge in [0.2, 0.25) is 0 Å². The van der Waals surface area contributed by atoms with Crippen molar-refractivity contribution in [3.05, 3.63) is 35.9 Å². The largest absolute Gasteiger partial charge is 0.123 e. The monoisotopic (exact) mass is 154 g/mol. The second-order valence-electron chi connectivity index (χ2n) is 2.47. The zero-order chi connectivity index (χ0) is 7.40. The molecule has 0 saturated carbocycles. The molecular formula is C9H11Cl. The molecule has 0 aromatic heterocycles. The predicted molar refractivity (Wildman–Crippen MR) is 45.5 cm³/mol. The predicted octanol–water partition coefficient (Wildman–Crippen LogP) is 2.86. The fraction of sp³-hybridized carbons (Fsp3) is 0.333. The second-order valence-corrected chi connectivity index (χ2v) is 3.22. The summed E-state index contributed by atoms with van der Waals surface area (Å²) in [5.41, 5.74) is 1.31. The summed E-state index contributed by atoms with van der Waals surface area (Å²) in [5.74, 6) is 0. The van der Waals surface area contributed by atoms with E-state index in [9.17, 15) is 0 Å². The molecule has 0 amide bonds. The molecule has 0 aliphatic heterocycles. The quantitative estimate of drug-likeness (QED) is 0.575. The fourth-order valence-electron chi connectivity index (χ4n) is 0.939. The van der Waals surface area contributed by atoms with Crippen molar-refractivity contribution in [2.45, 2.75) is 18.7 Å². The molecule has 1 aromatic carbocycles. The van der Waals surface area contributed by atoms with E-state index >= 15 is 0 Å². The highest BCUT2D eigenvalue weighted by Crippen LogP contribution is 2.06. The Bertz CT molecular complexity index is 179. The van der Waals surface area contributed by atoms with Gasteiger partial charge in [0.15, 0.2) is 0 Å². The van der Waals surface area contributed by atoms with Gasteiger partial charge < -0.3 is 0 Å². The van der Waals surface area contributed by atoms with E-state index in [0.29, 0.717) is 0 Å². The van der Waals surface area contributed by atoms with Crippen molar-refractivity contribution in [3.8, 4) is 0 Å². The van der Waals surface area contributed by atoms with E-state index in [-0.39, 0.29) is 5.38 Å². The molecule has 1 heteroatoms. The summed E-state index contributed by atoms with van der Waals surface area (Å²) in [5, 5.41) is 0.238. The average Bonchev–Trinajstić information content (AvgIpc) is 1.88. The summed E-state index contributed by atoms with van der Waals surface area (Å²) in [7, 11) is 0. The maximum Gasteiger partial charge on any atom is 0.0348 e. The molecule has 0 heterocycles. The van der Waals surface area contributed by atoms with Gasteiger partial charge >= 0.3 is 0 Å². The Balaban J connectivity index is 2.59. The van der Waals surface area contributed by atoms with Crippen LogP contribution in [0, 0.1) is 0 Å². The van der Waals surface area contributed by atoms with E-state index in [1.54, 1.807) is 0 Å². The minimum Gasteiger partial charge on any atom is -0.123 e. The number of benzene rings is 1. The van der Waals surface area contributed by atoms with Gasteiger partial charge in [0.25, 0.3) is 0 Å². The van der Waals surface area contributed by atoms with Gasteiger partial charge in [0.05, 0.1) is 0 Å². The number of halogens is 1. The fourth-order valence-corrected chi connectivity index (χ4v) is 1.12. The summed E-state index contributed by atoms with van der Waals surface area (Å²) in [6.45, 7) is 2.01. The summed E-state index contributed by atoms with van der Waals surface area (Å²) in [6, 6.07) is 10.3. The lowest BCUT2D eigenvalue weighted by Gasteiger charge is -2.00. The lowest BCUT2D eigenvalue weighted by Crippen LogP contribution is -1.95. The van der Waals surface area contributed by atoms with Crippen molar-refractivity contribution in [2.24, 2.45) is 0 Å². The first-order valence-corrected chi connectivity index (χ1v) is 3.90. The lowest BCUT2D eigenvalue weighted by molar-refractivity contribution is 0.931. The van der Waals surface area contributed by atoms with Crippen LogP contribution in [0.25, 0.3) is 0 Å². The van der Waals surface area contributed by atoms with E-state index in [1.165, 1.54) is 5.56 Å². The Morgan fingerprint density at radius 3 is 2.40 bits per heavy atom. The molecule has 0 radical (unpaired) electrons. The number of rotatable bonds is 2. The molecule has 0 unspecified atom stereocenters. The number of hydrogen-bond acceptors (Lipinski definition) is 0. The van der Waals surface area contributed by atoms with Crippen LogP contribution in [0.4, 0.5) is 0 Å². The summed E-state index contributed by atoms with van der Waals surface area (Å²) < 4.78 is 0. The summed E-state index contributed by atoms with van der Waals surface area (Å²) >= 11 is 5.81. The molecule has 0 aliphatic carbocycles. The third-order valence-electron chi connectivity index (χ3n) is 1.36. The zero-order valence-electron chi connectivity index (χ0n) is 6.05. The Morgan fingerprint density at radius 1 is 1.30 bits per heavy atom. The maximum absolute atomic E-state index is 5.81. The first kappa shape index (κ1) is 7.62. The third-order valence-corrected chi connectivity index (χ3v) is 1.51. The lowest BCUT2D eigenvalue weighted by atomic mass is 10.1. The molecule has 10 heavy (non-hydrogen) atoms. The van der Waals surface area contributed by atoms with Crippen LogP contribution in [-0.4, -0.2) is 5.38 Å². The van der Waals surface area contributed by atoms with Crippen LogP contribution in [0.5, 0.6) is 0 Å². The van der Waals surface area contributed by atoms with Gasteiger partial charge in [-0.15, -0.1) is 11.6 Å². The van der Waals surface area contributed by atoms with Gasteiger partial charge in [-0.2, -0.15) is 0 Å². The first-order chi connectivity index (χ1) is 4.79. The van der Waals surface area contributed by atoms with E-state index in [2.05, 4.69) is 12.1 Å². The van der Waals surface area contributed by atoms with Gasteiger partial charge in [-0.05, 0) is 18.9 Å². The van der Waals surface area contributed by atoms with E-state index in [0.717, 1.165) is 6.42 Å². The molecule has 1 atom stereocenters. The van der Waals surface area contributed by atoms with Gasteiger partial charge in [-0.3, -0.25) is 0 Å². The van der Waals surface area contributed by atoms with Crippen LogP contribution in [0.3, 0.4) is 0 Å². The van der Waals surface area contributed by atoms with Crippen molar-refractivity contribution < 1.29 is 0 Å². The second kappa shape index (κ2) is 3.62. The van der Waals surface area contributed by atoms with E-state index < -0.39 is 0 Å². The molecule has 0 nitrogen and oxygen atoms in total. The number of alkyl halides is 1. The van der Waals surface area contributed by atoms with Crippen LogP contribution < -0.4 is 0 Å². The van der Waals surface area contributed by atoms with E-state index in [1.807, 2.05) is 25.1 Å². The molecule has 0 N–H and O–H groups in total. The van der Waals surface area contributed by atoms with Gasteiger partial charge in [-0.1, -0.05) is 30.3 Å². The molecule has 0 bridgehead atoms. The minimum atomic E-state index is 0.238. The Labute approximate surface area is 66.8 Å². The van der Waals surface area contributed by atoms with Crippen LogP contribution >= 0.6 is 11.6 Å². The standard InChI is InChI=1S/C9H11Cl/c1-8(10)7-9-5-3-2-4-6-9/h2-6,8H,7H2,1H3/t8-/m0/s1. The van der Waals surface area contributed by atoms with E-state index in [4.69, 9.17) is 11.6 Å². The van der Waals surface area contributed by atoms with Crippen molar-refractivity contribution >= 4 is 11.6 Å². The van der Waals surface area contributed by atoms with Gasteiger partial charge in [-0.25, -0.2) is 0 Å². The highest BCUT2D eigenvalue weighted by molar-refractivity contribution is 6.20. The van der Waals surface area contributed by atoms with Gasteiger partial charge in [0.1, 0.15) is 0 Å². The highest BCUT2D eigenvalue weighted by Gasteiger charge is 1.96. The van der Waals surface area contributed by atoms with Crippen LogP contribution in [0.2, 0.25) is 0 Å². The SMILES string of the molecule is C[C@H](Cl)Cc1ccccc1. The Hall–Kier alpha value is -0.490. The molecule has 1 aromatic rings. The highest BCUT2D eigenvalue weighted by atomic mass is 35.5. The van der Waals surface area contributed by atoms with Crippen molar-refractivity contribution in [1.29, 1.82) is 0 Å². The molecule has 1 rings (SSSR count). The van der Waals surface area contributed by atoms with Crippen molar-refractivity contribution in [2.75, 3.05) is 0 Å². The van der Waals surface area contributed by atoms with Crippen molar-refractivity contribution in [3.63, 3.8) is 0 Å². The maximum atomic E-state index is 5.81. The molecule has 0 spiro atoms. The average molecular weight is 155 g/mol. The normalized spacial score (nSPS) is 13.0. The molecule has 0 saturated heterocycles. The smallest absolute Gasteiger partial charge is 0.0348 e. The van der Waals surface area contributed by atoms with Crippen LogP contribution in [-0.2, 0) is 6.42 Å². The number of hydrogen-bond donors (Lipinski definition) is 0. The molecular weight excluding hydrogens is 144 g/mol. The van der Waals surface area contributed by atoms with Crippen LogP contribution in [0.15, 0.2) is 30.3 Å². The first-order valence-electron chi connectivity index (χ1n) is 3.47. The Morgan fingerprint density at radius 2 is 1.90 bits per heavy atom. The molecule has 0 fully saturated rings. The van der Waals surface area contributed by atoms with Gasteiger partial charge in [0, 0.05) is 5.38 Å². The minimum absolute atomic E-state index is 0.238. The third kappa shape index (κ3) is 2.40. The van der Waals surface area contributed by atoms with Crippen LogP contribution in [0.1, 0.15) is 12.5 Å². The summed E-state index contributed by atoms with van der Waals surface area (Å²) in [4.78, 5) is 0. The Kier molecular flexibility index (Phi) is 2.76. The molecule has 54 valence electrons. The van der Waals surface area contributed by atoms with Crippen molar-refractivity contribution in [1.82, 2.24) is 0 Å². The summed E-state index contributed by atoms with van der Waals surface area (Å²) in [6.07, 6.45) is 0.961. The topological polar surface area (TPSA) is 0 Å². The zero-order valence-corrected chi connectivity index (χ0v) is 6.81. The molecule has 0 aliphatic rings.